The van der Waals surface area contributed by atoms with Crippen molar-refractivity contribution in [1.29, 1.82) is 0 Å². The van der Waals surface area contributed by atoms with Gasteiger partial charge in [-0.1, -0.05) is 44.2 Å². The number of nitrogens with one attached hydrogen (secondary N) is 1. The minimum Gasteiger partial charge on any atom is -0.353 e. The molecule has 0 bridgehead atoms. The first-order valence-electron chi connectivity index (χ1n) is 7.73. The summed E-state index contributed by atoms with van der Waals surface area (Å²) >= 11 is 1.65. The Labute approximate surface area is 136 Å². The van der Waals surface area contributed by atoms with E-state index in [2.05, 4.69) is 43.2 Å². The van der Waals surface area contributed by atoms with Gasteiger partial charge in [-0.3, -0.25) is 4.79 Å². The fourth-order valence-electron chi connectivity index (χ4n) is 2.39. The van der Waals surface area contributed by atoms with Gasteiger partial charge in [-0.15, -0.1) is 11.3 Å². The fraction of sp³-hybridized carbons (Fsp3) is 0.444. The molecule has 1 amide bonds. The second-order valence-electron chi connectivity index (χ2n) is 6.16. The summed E-state index contributed by atoms with van der Waals surface area (Å²) in [4.78, 5) is 16.4. The van der Waals surface area contributed by atoms with Crippen LogP contribution in [0.2, 0.25) is 0 Å². The standard InChI is InChI=1S/C18H24N2OS/c1-14(18(2,3)15-8-5-4-6-9-15)20-16(21)10-7-11-17-19-12-13-22-17/h4-6,8-9,12-14H,7,10-11H2,1-3H3,(H,20,21)/t14-/m0/s1. The van der Waals surface area contributed by atoms with Crippen molar-refractivity contribution in [3.05, 3.63) is 52.5 Å². The lowest BCUT2D eigenvalue weighted by atomic mass is 9.78. The van der Waals surface area contributed by atoms with E-state index in [4.69, 9.17) is 0 Å². The molecule has 1 aromatic carbocycles. The van der Waals surface area contributed by atoms with E-state index >= 15 is 0 Å². The molecule has 2 rings (SSSR count). The molecule has 0 saturated carbocycles. The molecule has 1 N–H and O–H groups in total. The van der Waals surface area contributed by atoms with Gasteiger partial charge in [-0.25, -0.2) is 4.98 Å². The number of nitrogens with zero attached hydrogens (tertiary/aromatic N) is 1. The molecule has 2 aromatic rings. The van der Waals surface area contributed by atoms with Gasteiger partial charge in [-0.2, -0.15) is 0 Å². The van der Waals surface area contributed by atoms with Crippen molar-refractivity contribution in [1.82, 2.24) is 10.3 Å². The van der Waals surface area contributed by atoms with Crippen LogP contribution < -0.4 is 5.32 Å². The molecule has 1 heterocycles. The summed E-state index contributed by atoms with van der Waals surface area (Å²) in [5.74, 6) is 0.119. The second kappa shape index (κ2) is 7.54. The van der Waals surface area contributed by atoms with Crippen LogP contribution in [-0.4, -0.2) is 16.9 Å². The predicted molar refractivity (Wildman–Crippen MR) is 92.1 cm³/mol. The number of hydrogen-bond acceptors (Lipinski definition) is 3. The maximum Gasteiger partial charge on any atom is 0.220 e. The van der Waals surface area contributed by atoms with Crippen molar-refractivity contribution < 1.29 is 4.79 Å². The summed E-state index contributed by atoms with van der Waals surface area (Å²) < 4.78 is 0. The van der Waals surface area contributed by atoms with E-state index in [1.807, 2.05) is 29.8 Å². The average molecular weight is 316 g/mol. The Morgan fingerprint density at radius 3 is 2.68 bits per heavy atom. The largest absolute Gasteiger partial charge is 0.353 e. The highest BCUT2D eigenvalue weighted by molar-refractivity contribution is 7.09. The van der Waals surface area contributed by atoms with Crippen molar-refractivity contribution in [3.8, 4) is 0 Å². The zero-order valence-corrected chi connectivity index (χ0v) is 14.3. The van der Waals surface area contributed by atoms with E-state index in [-0.39, 0.29) is 17.4 Å². The van der Waals surface area contributed by atoms with Crippen molar-refractivity contribution in [2.45, 2.75) is 51.5 Å². The molecule has 118 valence electrons. The van der Waals surface area contributed by atoms with Gasteiger partial charge in [0.1, 0.15) is 0 Å². The van der Waals surface area contributed by atoms with Gasteiger partial charge in [0.15, 0.2) is 0 Å². The molecule has 3 nitrogen and oxygen atoms in total. The normalized spacial score (nSPS) is 12.9. The van der Waals surface area contributed by atoms with Crippen molar-refractivity contribution in [2.24, 2.45) is 0 Å². The highest BCUT2D eigenvalue weighted by atomic mass is 32.1. The van der Waals surface area contributed by atoms with Crippen molar-refractivity contribution in [2.75, 3.05) is 0 Å². The van der Waals surface area contributed by atoms with Gasteiger partial charge in [0.25, 0.3) is 0 Å². The molecule has 0 fully saturated rings. The smallest absolute Gasteiger partial charge is 0.220 e. The molecular weight excluding hydrogens is 292 g/mol. The monoisotopic (exact) mass is 316 g/mol. The van der Waals surface area contributed by atoms with Gasteiger partial charge in [0, 0.05) is 29.5 Å². The Kier molecular flexibility index (Phi) is 5.72. The fourth-order valence-corrected chi connectivity index (χ4v) is 3.05. The number of carbonyl (C=O) groups is 1. The zero-order valence-electron chi connectivity index (χ0n) is 13.5. The third-order valence-electron chi connectivity index (χ3n) is 4.26. The van der Waals surface area contributed by atoms with Gasteiger partial charge in [-0.05, 0) is 25.3 Å². The van der Waals surface area contributed by atoms with E-state index in [9.17, 15) is 4.79 Å². The van der Waals surface area contributed by atoms with E-state index in [0.29, 0.717) is 6.42 Å². The van der Waals surface area contributed by atoms with Gasteiger partial charge >= 0.3 is 0 Å². The Bertz CT molecular complexity index is 578. The number of aromatic nitrogens is 1. The molecule has 0 saturated heterocycles. The topological polar surface area (TPSA) is 42.0 Å². The number of hydrogen-bond donors (Lipinski definition) is 1. The third-order valence-corrected chi connectivity index (χ3v) is 5.10. The molecule has 1 aromatic heterocycles. The lowest BCUT2D eigenvalue weighted by molar-refractivity contribution is -0.122. The summed E-state index contributed by atoms with van der Waals surface area (Å²) in [5.41, 5.74) is 1.15. The summed E-state index contributed by atoms with van der Waals surface area (Å²) in [5, 5.41) is 6.22. The van der Waals surface area contributed by atoms with E-state index in [1.54, 1.807) is 11.3 Å². The van der Waals surface area contributed by atoms with Gasteiger partial charge in [0.05, 0.1) is 5.01 Å². The summed E-state index contributed by atoms with van der Waals surface area (Å²) in [6.07, 6.45) is 4.08. The van der Waals surface area contributed by atoms with Crippen LogP contribution in [0, 0.1) is 0 Å². The van der Waals surface area contributed by atoms with Crippen LogP contribution in [0.5, 0.6) is 0 Å². The molecule has 0 aliphatic heterocycles. The van der Waals surface area contributed by atoms with E-state index in [0.717, 1.165) is 17.8 Å². The zero-order chi connectivity index (χ0) is 16.0. The van der Waals surface area contributed by atoms with Gasteiger partial charge < -0.3 is 5.32 Å². The first kappa shape index (κ1) is 16.7. The van der Waals surface area contributed by atoms with Crippen LogP contribution in [0.4, 0.5) is 0 Å². The summed E-state index contributed by atoms with van der Waals surface area (Å²) in [7, 11) is 0. The quantitative estimate of drug-likeness (QED) is 0.840. The highest BCUT2D eigenvalue weighted by Crippen LogP contribution is 2.26. The average Bonchev–Trinajstić information content (AvgIpc) is 3.01. The Balaban J connectivity index is 1.82. The van der Waals surface area contributed by atoms with Crippen molar-refractivity contribution in [3.63, 3.8) is 0 Å². The molecule has 0 spiro atoms. The SMILES string of the molecule is C[C@H](NC(=O)CCCc1nccs1)C(C)(C)c1ccccc1. The number of amides is 1. The van der Waals surface area contributed by atoms with Crippen LogP contribution in [-0.2, 0) is 16.6 Å². The first-order chi connectivity index (χ1) is 10.5. The lowest BCUT2D eigenvalue weighted by Gasteiger charge is -2.33. The Hall–Kier alpha value is -1.68. The molecule has 1 atom stereocenters. The molecule has 0 radical (unpaired) electrons. The molecule has 4 heteroatoms. The van der Waals surface area contributed by atoms with Crippen LogP contribution in [0.3, 0.4) is 0 Å². The minimum absolute atomic E-state index is 0.0854. The van der Waals surface area contributed by atoms with Crippen LogP contribution >= 0.6 is 11.3 Å². The number of aryl methyl sites for hydroxylation is 1. The molecule has 22 heavy (non-hydrogen) atoms. The lowest BCUT2D eigenvalue weighted by Crippen LogP contribution is -2.45. The first-order valence-corrected chi connectivity index (χ1v) is 8.61. The number of rotatable bonds is 7. The van der Waals surface area contributed by atoms with Crippen molar-refractivity contribution >= 4 is 17.2 Å². The number of carbonyl (C=O) groups excluding carboxylic acids is 1. The molecular formula is C18H24N2OS. The Morgan fingerprint density at radius 2 is 2.05 bits per heavy atom. The van der Waals surface area contributed by atoms with E-state index in [1.165, 1.54) is 5.56 Å². The number of thiazole rings is 1. The molecule has 0 aliphatic rings. The van der Waals surface area contributed by atoms with Gasteiger partial charge in [0.2, 0.25) is 5.91 Å². The Morgan fingerprint density at radius 1 is 1.32 bits per heavy atom. The van der Waals surface area contributed by atoms with Crippen LogP contribution in [0.1, 0.15) is 44.2 Å². The summed E-state index contributed by atoms with van der Waals surface area (Å²) in [6.45, 7) is 6.41. The summed E-state index contributed by atoms with van der Waals surface area (Å²) in [6, 6.07) is 10.4. The maximum absolute atomic E-state index is 12.1. The third kappa shape index (κ3) is 4.41. The predicted octanol–water partition coefficient (Wildman–Crippen LogP) is 3.95. The molecule has 0 unspecified atom stereocenters. The number of benzene rings is 1. The highest BCUT2D eigenvalue weighted by Gasteiger charge is 2.28. The van der Waals surface area contributed by atoms with Crippen LogP contribution in [0.15, 0.2) is 41.9 Å². The van der Waals surface area contributed by atoms with E-state index < -0.39 is 0 Å². The molecule has 0 aliphatic carbocycles. The maximum atomic E-state index is 12.1. The second-order valence-corrected chi connectivity index (χ2v) is 7.14. The minimum atomic E-state index is -0.0910. The van der Waals surface area contributed by atoms with Crippen LogP contribution in [0.25, 0.3) is 0 Å².